The third kappa shape index (κ3) is 5.99. The summed E-state index contributed by atoms with van der Waals surface area (Å²) in [5, 5.41) is 5.93. The van der Waals surface area contributed by atoms with Crippen LogP contribution in [0.2, 0.25) is 5.02 Å². The van der Waals surface area contributed by atoms with E-state index in [1.54, 1.807) is 25.1 Å². The number of amides is 2. The first-order chi connectivity index (χ1) is 11.9. The minimum absolute atomic E-state index is 0.102. The first kappa shape index (κ1) is 19.7. The number of benzene rings is 1. The van der Waals surface area contributed by atoms with Crippen LogP contribution in [0.5, 0.6) is 0 Å². The van der Waals surface area contributed by atoms with E-state index in [9.17, 15) is 9.59 Å². The van der Waals surface area contributed by atoms with Gasteiger partial charge in [0.05, 0.1) is 29.8 Å². The lowest BCUT2D eigenvalue weighted by Crippen LogP contribution is -2.46. The number of carbonyl (C=O) groups is 2. The molecule has 25 heavy (non-hydrogen) atoms. The number of halogens is 1. The summed E-state index contributed by atoms with van der Waals surface area (Å²) >= 11 is 6.16. The van der Waals surface area contributed by atoms with E-state index in [4.69, 9.17) is 16.3 Å². The zero-order valence-electron chi connectivity index (χ0n) is 15.0. The Balaban J connectivity index is 1.90. The Bertz CT molecular complexity index is 622. The monoisotopic (exact) mass is 367 g/mol. The van der Waals surface area contributed by atoms with Crippen molar-refractivity contribution in [2.45, 2.75) is 45.8 Å². The number of ether oxygens (including phenoxy) is 1. The zero-order valence-corrected chi connectivity index (χ0v) is 15.7. The summed E-state index contributed by atoms with van der Waals surface area (Å²) in [4.78, 5) is 26.0. The highest BCUT2D eigenvalue weighted by Gasteiger charge is 2.24. The number of nitrogens with zero attached hydrogens (tertiary/aromatic N) is 1. The normalized spacial score (nSPS) is 18.2. The molecule has 0 bridgehead atoms. The molecule has 1 atom stereocenters. The van der Waals surface area contributed by atoms with Gasteiger partial charge in [-0.25, -0.2) is 0 Å². The van der Waals surface area contributed by atoms with Crippen LogP contribution in [0, 0.1) is 0 Å². The van der Waals surface area contributed by atoms with Crippen LogP contribution >= 0.6 is 11.6 Å². The fourth-order valence-electron chi connectivity index (χ4n) is 2.69. The lowest BCUT2D eigenvalue weighted by Gasteiger charge is -2.35. The van der Waals surface area contributed by atoms with Crippen LogP contribution in [0.4, 0.5) is 11.4 Å². The number of carbonyl (C=O) groups excluding carboxylic acids is 2. The van der Waals surface area contributed by atoms with Gasteiger partial charge in [-0.05, 0) is 32.0 Å². The van der Waals surface area contributed by atoms with Crippen LogP contribution in [0.15, 0.2) is 18.2 Å². The van der Waals surface area contributed by atoms with Crippen molar-refractivity contribution >= 4 is 34.8 Å². The van der Waals surface area contributed by atoms with Crippen molar-refractivity contribution in [1.29, 1.82) is 0 Å². The third-order valence-corrected chi connectivity index (χ3v) is 4.47. The lowest BCUT2D eigenvalue weighted by atomic mass is 10.1. The van der Waals surface area contributed by atoms with E-state index in [2.05, 4.69) is 29.4 Å². The summed E-state index contributed by atoms with van der Waals surface area (Å²) in [5.41, 5.74) is 1.13. The minimum atomic E-state index is -0.114. The van der Waals surface area contributed by atoms with Crippen molar-refractivity contribution < 1.29 is 14.3 Å². The predicted octanol–water partition coefficient (Wildman–Crippen LogP) is 3.13. The SMILES string of the molecule is CCC(=O)Nc1ccc(NC(=O)C[C@@H]2CN(C(C)C)CCO2)cc1Cl. The Morgan fingerprint density at radius 3 is 2.72 bits per heavy atom. The number of nitrogens with one attached hydrogen (secondary N) is 2. The number of anilines is 2. The van der Waals surface area contributed by atoms with Gasteiger partial charge in [-0.2, -0.15) is 0 Å². The van der Waals surface area contributed by atoms with E-state index in [1.807, 2.05) is 0 Å². The topological polar surface area (TPSA) is 70.7 Å². The average Bonchev–Trinajstić information content (AvgIpc) is 2.57. The molecule has 6 nitrogen and oxygen atoms in total. The van der Waals surface area contributed by atoms with Gasteiger partial charge in [0.1, 0.15) is 0 Å². The van der Waals surface area contributed by atoms with Crippen molar-refractivity contribution in [3.05, 3.63) is 23.2 Å². The van der Waals surface area contributed by atoms with Crippen LogP contribution < -0.4 is 10.6 Å². The van der Waals surface area contributed by atoms with E-state index in [-0.39, 0.29) is 17.9 Å². The molecule has 0 spiro atoms. The fraction of sp³-hybridized carbons (Fsp3) is 0.556. The Morgan fingerprint density at radius 2 is 2.08 bits per heavy atom. The molecule has 1 heterocycles. The Hall–Kier alpha value is -1.63. The molecule has 1 aromatic rings. The highest BCUT2D eigenvalue weighted by molar-refractivity contribution is 6.34. The molecule has 0 radical (unpaired) electrons. The summed E-state index contributed by atoms with van der Waals surface area (Å²) < 4.78 is 5.69. The molecule has 1 aliphatic rings. The zero-order chi connectivity index (χ0) is 18.4. The van der Waals surface area contributed by atoms with Gasteiger partial charge < -0.3 is 15.4 Å². The van der Waals surface area contributed by atoms with Crippen LogP contribution in [-0.4, -0.2) is 48.6 Å². The number of hydrogen-bond acceptors (Lipinski definition) is 4. The van der Waals surface area contributed by atoms with Crippen LogP contribution in [0.1, 0.15) is 33.6 Å². The van der Waals surface area contributed by atoms with Crippen molar-refractivity contribution in [3.8, 4) is 0 Å². The summed E-state index contributed by atoms with van der Waals surface area (Å²) in [6, 6.07) is 5.48. The second kappa shape index (κ2) is 9.17. The Morgan fingerprint density at radius 1 is 1.32 bits per heavy atom. The molecule has 1 aliphatic heterocycles. The molecule has 1 fully saturated rings. The molecular formula is C18H26ClN3O3. The molecule has 7 heteroatoms. The maximum atomic E-state index is 12.3. The summed E-state index contributed by atoms with van der Waals surface area (Å²) in [7, 11) is 0. The summed E-state index contributed by atoms with van der Waals surface area (Å²) in [6.45, 7) is 8.36. The second-order valence-electron chi connectivity index (χ2n) is 6.43. The molecule has 138 valence electrons. The molecule has 1 aromatic carbocycles. The molecular weight excluding hydrogens is 342 g/mol. The van der Waals surface area contributed by atoms with E-state index >= 15 is 0 Å². The highest BCUT2D eigenvalue weighted by atomic mass is 35.5. The van der Waals surface area contributed by atoms with Crippen LogP contribution in [0.3, 0.4) is 0 Å². The van der Waals surface area contributed by atoms with Crippen LogP contribution in [0.25, 0.3) is 0 Å². The maximum Gasteiger partial charge on any atom is 0.227 e. The van der Waals surface area contributed by atoms with Gasteiger partial charge in [0.15, 0.2) is 0 Å². The summed E-state index contributed by atoms with van der Waals surface area (Å²) in [5.74, 6) is -0.222. The molecule has 0 unspecified atom stereocenters. The fourth-order valence-corrected chi connectivity index (χ4v) is 2.91. The first-order valence-corrected chi connectivity index (χ1v) is 9.01. The number of morpholine rings is 1. The van der Waals surface area contributed by atoms with Gasteiger partial charge in [0, 0.05) is 31.2 Å². The van der Waals surface area contributed by atoms with E-state index < -0.39 is 0 Å². The van der Waals surface area contributed by atoms with Gasteiger partial charge in [-0.1, -0.05) is 18.5 Å². The van der Waals surface area contributed by atoms with Gasteiger partial charge >= 0.3 is 0 Å². The predicted molar refractivity (Wildman–Crippen MR) is 100 cm³/mol. The highest BCUT2D eigenvalue weighted by Crippen LogP contribution is 2.26. The average molecular weight is 368 g/mol. The van der Waals surface area contributed by atoms with Crippen molar-refractivity contribution in [1.82, 2.24) is 4.90 Å². The molecule has 1 saturated heterocycles. The standard InChI is InChI=1S/C18H26ClN3O3/c1-4-17(23)21-16-6-5-13(9-15(16)19)20-18(24)10-14-11-22(12(2)3)7-8-25-14/h5-6,9,12,14H,4,7-8,10-11H2,1-3H3,(H,20,24)(H,21,23)/t14-/m1/s1. The summed E-state index contributed by atoms with van der Waals surface area (Å²) in [6.07, 6.45) is 0.577. The molecule has 0 saturated carbocycles. The van der Waals surface area contributed by atoms with Crippen molar-refractivity contribution in [2.24, 2.45) is 0 Å². The maximum absolute atomic E-state index is 12.3. The quantitative estimate of drug-likeness (QED) is 0.810. The van der Waals surface area contributed by atoms with Gasteiger partial charge in [0.2, 0.25) is 11.8 Å². The molecule has 2 rings (SSSR count). The van der Waals surface area contributed by atoms with E-state index in [0.717, 1.165) is 13.1 Å². The third-order valence-electron chi connectivity index (χ3n) is 4.16. The lowest BCUT2D eigenvalue weighted by molar-refractivity contribution is -0.121. The smallest absolute Gasteiger partial charge is 0.227 e. The number of hydrogen-bond donors (Lipinski definition) is 2. The van der Waals surface area contributed by atoms with E-state index in [0.29, 0.717) is 41.9 Å². The largest absolute Gasteiger partial charge is 0.375 e. The molecule has 2 N–H and O–H groups in total. The Kier molecular flexibility index (Phi) is 7.23. The Labute approximate surface area is 153 Å². The number of rotatable bonds is 6. The minimum Gasteiger partial charge on any atom is -0.375 e. The first-order valence-electron chi connectivity index (χ1n) is 8.64. The van der Waals surface area contributed by atoms with Crippen molar-refractivity contribution in [2.75, 3.05) is 30.3 Å². The van der Waals surface area contributed by atoms with Gasteiger partial charge in [-0.3, -0.25) is 14.5 Å². The molecule has 0 aliphatic carbocycles. The van der Waals surface area contributed by atoms with Crippen molar-refractivity contribution in [3.63, 3.8) is 0 Å². The second-order valence-corrected chi connectivity index (χ2v) is 6.84. The molecule has 2 amide bonds. The van der Waals surface area contributed by atoms with Crippen LogP contribution in [-0.2, 0) is 14.3 Å². The van der Waals surface area contributed by atoms with E-state index in [1.165, 1.54) is 0 Å². The van der Waals surface area contributed by atoms with Gasteiger partial charge in [0.25, 0.3) is 0 Å². The molecule has 0 aromatic heterocycles. The van der Waals surface area contributed by atoms with Gasteiger partial charge in [-0.15, -0.1) is 0 Å².